The van der Waals surface area contributed by atoms with Gasteiger partial charge in [0.15, 0.2) is 0 Å². The summed E-state index contributed by atoms with van der Waals surface area (Å²) in [6.45, 7) is 0. The summed E-state index contributed by atoms with van der Waals surface area (Å²) in [5.74, 6) is 3.27. The minimum absolute atomic E-state index is 0.428. The van der Waals surface area contributed by atoms with Crippen LogP contribution in [0.4, 0.5) is 0 Å². The van der Waals surface area contributed by atoms with Crippen molar-refractivity contribution in [1.82, 2.24) is 0 Å². The molecule has 0 N–H and O–H groups in total. The van der Waals surface area contributed by atoms with Crippen LogP contribution in [0.3, 0.4) is 0 Å². The highest BCUT2D eigenvalue weighted by Gasteiger charge is 2.24. The lowest BCUT2D eigenvalue weighted by Crippen LogP contribution is -2.33. The second-order valence-corrected chi connectivity index (χ2v) is 32.7. The smallest absolute Gasteiger partial charge is 0.0342 e. The van der Waals surface area contributed by atoms with Gasteiger partial charge in [0.1, 0.15) is 0 Å². The van der Waals surface area contributed by atoms with E-state index in [2.05, 4.69) is 404 Å². The third kappa shape index (κ3) is 17.2. The number of hydrogen-bond acceptors (Lipinski definition) is 4. The Morgan fingerprint density at radius 1 is 0.287 bits per heavy atom. The highest BCUT2D eigenvalue weighted by molar-refractivity contribution is 7.14. The van der Waals surface area contributed by atoms with Crippen LogP contribution >= 0.6 is 45.3 Å². The molecule has 0 saturated carbocycles. The summed E-state index contributed by atoms with van der Waals surface area (Å²) in [6.07, 6.45) is 81.8. The lowest BCUT2D eigenvalue weighted by molar-refractivity contribution is 0.684. The lowest BCUT2D eigenvalue weighted by Gasteiger charge is -2.26. The van der Waals surface area contributed by atoms with Gasteiger partial charge in [0, 0.05) is 60.9 Å². The number of hydrogen-bond donors (Lipinski definition) is 0. The van der Waals surface area contributed by atoms with Crippen molar-refractivity contribution in [3.8, 4) is 20.9 Å². The number of rotatable bonds is 12. The predicted molar refractivity (Wildman–Crippen MR) is 475 cm³/mol. The molecule has 0 radical (unpaired) electrons. The van der Waals surface area contributed by atoms with E-state index < -0.39 is 0 Å². The Bertz CT molecular complexity index is 5990. The van der Waals surface area contributed by atoms with Gasteiger partial charge in [-0.15, -0.1) is 45.3 Å². The van der Waals surface area contributed by atoms with E-state index >= 15 is 0 Å². The maximum Gasteiger partial charge on any atom is 0.0342 e. The van der Waals surface area contributed by atoms with Crippen LogP contribution in [0.25, 0.3) is 115 Å². The molecule has 7 unspecified atom stereocenters. The van der Waals surface area contributed by atoms with Crippen LogP contribution in [-0.4, -0.2) is 0 Å². The van der Waals surface area contributed by atoms with Crippen LogP contribution in [0.1, 0.15) is 64.1 Å². The number of fused-ring (bicyclic) bond motifs is 8. The first-order valence-corrected chi connectivity index (χ1v) is 41.6. The lowest BCUT2D eigenvalue weighted by atomic mass is 9.78. The van der Waals surface area contributed by atoms with Crippen molar-refractivity contribution in [1.29, 1.82) is 0 Å². The molecule has 7 aromatic carbocycles. The maximum absolute atomic E-state index is 2.48. The Labute approximate surface area is 651 Å². The third-order valence-electron chi connectivity index (χ3n) is 21.4. The predicted octanol–water partition coefficient (Wildman–Crippen LogP) is 24.3. The van der Waals surface area contributed by atoms with E-state index in [1.165, 1.54) is 140 Å². The highest BCUT2D eigenvalue weighted by atomic mass is 32.1. The van der Waals surface area contributed by atoms with Gasteiger partial charge in [-0.3, -0.25) is 0 Å². The summed E-state index contributed by atoms with van der Waals surface area (Å²) in [4.78, 5) is 5.23. The molecule has 0 aliphatic heterocycles. The summed E-state index contributed by atoms with van der Waals surface area (Å²) < 4.78 is 0. The van der Waals surface area contributed by atoms with Crippen molar-refractivity contribution in [3.63, 3.8) is 0 Å². The molecular weight excluding hydrogens is 1380 g/mol. The molecule has 108 heavy (non-hydrogen) atoms. The second kappa shape index (κ2) is 33.4. The minimum atomic E-state index is 0.428. The van der Waals surface area contributed by atoms with Crippen LogP contribution < -0.4 is 31.3 Å². The van der Waals surface area contributed by atoms with Gasteiger partial charge in [0.25, 0.3) is 0 Å². The second-order valence-electron chi connectivity index (χ2n) is 28.8. The van der Waals surface area contributed by atoms with Crippen molar-refractivity contribution < 1.29 is 0 Å². The van der Waals surface area contributed by atoms with Gasteiger partial charge in [-0.1, -0.05) is 304 Å². The summed E-state index contributed by atoms with van der Waals surface area (Å²) in [5, 5.41) is 21.8. The first-order valence-electron chi connectivity index (χ1n) is 38.1. The quantitative estimate of drug-likeness (QED) is 0.107. The van der Waals surface area contributed by atoms with Crippen LogP contribution in [0.2, 0.25) is 0 Å². The van der Waals surface area contributed by atoms with E-state index in [1.54, 1.807) is 45.3 Å². The van der Waals surface area contributed by atoms with Gasteiger partial charge >= 0.3 is 0 Å². The van der Waals surface area contributed by atoms with Crippen molar-refractivity contribution >= 4 is 139 Å². The number of benzene rings is 7. The molecule has 7 atom stereocenters. The standard InChI is InChI=1S/C30H26.C26H20S2.C26H24.C22H14S2/c1-3-7-23(8-4-1)11-13-25-15-17-27-22-30-20-26(14-12-24-9-5-2-6-10-24)16-18-28(30)21-29(27)19-25;1-3-25(27-13-1)11-7-19-5-9-21-18-24-16-20(8-12-26-4-2-14-28-26)6-10-22(24)17-23(21)15-19;1-3-7-19(8-4-1)21-11-13-23-18-26-16-22(20-9-5-2-6-10-20)12-14-24(26)17-25(23)15-21;1-3-21(23-9-1)17-7-5-15-12-20-14-18(22-4-2-10-24-22)8-6-16(20)11-19(15)13-17/h1,3-5,7-22,27,29H,2,6H2;1-18,21,23H;1,3-5,7,9-19,23,25H,2,6,8H2;1-14H/b13-11+,14-12+;11-7+,12-8+;;. The van der Waals surface area contributed by atoms with Gasteiger partial charge in [-0.25, -0.2) is 0 Å². The molecule has 0 fully saturated rings. The third-order valence-corrected chi connectivity index (χ3v) is 24.9. The zero-order valence-electron chi connectivity index (χ0n) is 60.4. The maximum atomic E-state index is 2.48. The largest absolute Gasteiger partial charge is 0.144 e. The minimum Gasteiger partial charge on any atom is -0.144 e. The molecule has 0 spiro atoms. The first-order chi connectivity index (χ1) is 53.4. The van der Waals surface area contributed by atoms with Crippen LogP contribution in [0.15, 0.2) is 359 Å². The fraction of sp³-hybridized carbons (Fsp3) is 0.115. The number of allylic oxidation sites excluding steroid dienone is 27. The van der Waals surface area contributed by atoms with E-state index in [0.29, 0.717) is 41.4 Å². The molecule has 9 aliphatic carbocycles. The Morgan fingerprint density at radius 2 is 0.796 bits per heavy atom. The van der Waals surface area contributed by atoms with Gasteiger partial charge in [0.05, 0.1) is 0 Å². The molecule has 4 heteroatoms. The molecule has 4 heterocycles. The SMILES string of the molecule is C1=CC(/C=C/c2ccc3c(c2)=CC2C=CC(/C=C/c4ccccc4)=CC2C=3)=CCC1.C1=CC2C=c3cc(/C=C/c4cccs4)ccc3=CC2C=C1/C=C/c1cccs1.C1=CCC(C2=CC3C=c4ccc(C5=CCCC=C5)cc4=CC3C=C2)C=C1.c1csc(-c2ccc3cc4cc(-c5cccs5)ccc4cc3c2)c1. The van der Waals surface area contributed by atoms with Gasteiger partial charge in [-0.05, 0) is 247 Å². The van der Waals surface area contributed by atoms with Gasteiger partial charge < -0.3 is 0 Å². The Kier molecular flexibility index (Phi) is 21.6. The van der Waals surface area contributed by atoms with Crippen molar-refractivity contribution in [3.05, 3.63) is 423 Å². The highest BCUT2D eigenvalue weighted by Crippen LogP contribution is 2.37. The van der Waals surface area contributed by atoms with Crippen LogP contribution in [0.5, 0.6) is 0 Å². The summed E-state index contributed by atoms with van der Waals surface area (Å²) >= 11 is 7.12. The monoisotopic (exact) mass is 1460 g/mol. The summed E-state index contributed by atoms with van der Waals surface area (Å²) in [5.41, 5.74) is 14.4. The first kappa shape index (κ1) is 69.9. The van der Waals surface area contributed by atoms with E-state index in [1.807, 2.05) is 0 Å². The zero-order chi connectivity index (χ0) is 72.2. The van der Waals surface area contributed by atoms with E-state index in [-0.39, 0.29) is 0 Å². The molecule has 0 saturated heterocycles. The Balaban J connectivity index is 0.000000106. The van der Waals surface area contributed by atoms with E-state index in [9.17, 15) is 0 Å². The van der Waals surface area contributed by atoms with Crippen molar-refractivity contribution in [2.24, 2.45) is 41.4 Å². The molecule has 20 rings (SSSR count). The molecule has 0 amide bonds. The topological polar surface area (TPSA) is 0 Å². The van der Waals surface area contributed by atoms with Gasteiger partial charge in [0.2, 0.25) is 0 Å². The normalized spacial score (nSPS) is 20.8. The zero-order valence-corrected chi connectivity index (χ0v) is 63.7. The van der Waals surface area contributed by atoms with E-state index in [0.717, 1.165) is 25.7 Å². The van der Waals surface area contributed by atoms with E-state index in [4.69, 9.17) is 0 Å². The molecule has 524 valence electrons. The molecule has 4 aromatic heterocycles. The fourth-order valence-electron chi connectivity index (χ4n) is 15.6. The van der Waals surface area contributed by atoms with Crippen LogP contribution in [0, 0.1) is 41.4 Å². The van der Waals surface area contributed by atoms with Crippen molar-refractivity contribution in [2.75, 3.05) is 0 Å². The van der Waals surface area contributed by atoms with Crippen LogP contribution in [-0.2, 0) is 0 Å². The average Bonchev–Trinajstić information content (AvgIpc) is 0.731. The number of thiophene rings is 4. The summed E-state index contributed by atoms with van der Waals surface area (Å²) in [7, 11) is 0. The van der Waals surface area contributed by atoms with Gasteiger partial charge in [-0.2, -0.15) is 0 Å². The molecule has 0 nitrogen and oxygen atoms in total. The summed E-state index contributed by atoms with van der Waals surface area (Å²) in [6, 6.07) is 66.2. The van der Waals surface area contributed by atoms with Crippen molar-refractivity contribution in [2.45, 2.75) is 32.1 Å². The molecule has 0 bridgehead atoms. The molecule has 9 aliphatic rings. The Hall–Kier alpha value is -11.1. The molecular formula is C104H84S4. The Morgan fingerprint density at radius 3 is 1.35 bits per heavy atom. The fourth-order valence-corrected chi connectivity index (χ4v) is 18.3. The average molecular weight is 1460 g/mol. The molecule has 11 aromatic rings.